The van der Waals surface area contributed by atoms with E-state index in [1.807, 2.05) is 0 Å². The number of rotatable bonds is 4. The number of carbonyl (C=O) groups is 3. The number of hydrogen-bond acceptors (Lipinski definition) is 4. The second-order valence-corrected chi connectivity index (χ2v) is 4.86. The summed E-state index contributed by atoms with van der Waals surface area (Å²) in [5.41, 5.74) is 4.10. The number of allylic oxidation sites excluding steroid dienone is 2. The van der Waals surface area contributed by atoms with E-state index in [9.17, 15) is 19.5 Å². The van der Waals surface area contributed by atoms with E-state index >= 15 is 0 Å². The van der Waals surface area contributed by atoms with E-state index < -0.39 is 29.4 Å². The van der Waals surface area contributed by atoms with Gasteiger partial charge in [-0.15, -0.1) is 0 Å². The molecular weight excluding hydrogens is 286 g/mol. The van der Waals surface area contributed by atoms with Crippen LogP contribution in [0.3, 0.4) is 0 Å². The van der Waals surface area contributed by atoms with Crippen molar-refractivity contribution in [3.63, 3.8) is 0 Å². The van der Waals surface area contributed by atoms with Crippen molar-refractivity contribution in [2.45, 2.75) is 12.5 Å². The molecule has 1 amide bonds. The Labute approximate surface area is 126 Å². The van der Waals surface area contributed by atoms with Crippen LogP contribution in [-0.2, 0) is 19.9 Å². The highest BCUT2D eigenvalue weighted by atomic mass is 16.6. The molecule has 1 aromatic carbocycles. The van der Waals surface area contributed by atoms with Crippen molar-refractivity contribution in [3.8, 4) is 0 Å². The molecule has 1 aliphatic rings. The van der Waals surface area contributed by atoms with Gasteiger partial charge < -0.3 is 15.6 Å². The zero-order chi connectivity index (χ0) is 16.3. The normalized spacial score (nSPS) is 23.0. The van der Waals surface area contributed by atoms with Crippen LogP contribution in [0.25, 0.3) is 0 Å². The second kappa shape index (κ2) is 5.85. The van der Waals surface area contributed by atoms with Crippen molar-refractivity contribution in [1.82, 2.24) is 0 Å². The van der Waals surface area contributed by atoms with Gasteiger partial charge >= 0.3 is 11.9 Å². The van der Waals surface area contributed by atoms with Crippen LogP contribution in [0.5, 0.6) is 0 Å². The fraction of sp³-hybridized carbons (Fsp3) is 0.188. The molecule has 0 aliphatic heterocycles. The van der Waals surface area contributed by atoms with E-state index in [4.69, 9.17) is 10.5 Å². The van der Waals surface area contributed by atoms with Gasteiger partial charge in [-0.25, -0.2) is 0 Å². The SMILES string of the molecule is CC(=O)OC1(c2ccccc2C(N)=O)C=CC=CC1C(=O)O. The molecule has 1 aliphatic carbocycles. The molecule has 0 saturated carbocycles. The lowest BCUT2D eigenvalue weighted by molar-refractivity contribution is -0.164. The molecular formula is C16H15NO5. The first-order valence-electron chi connectivity index (χ1n) is 6.56. The Bertz CT molecular complexity index is 692. The Morgan fingerprint density at radius 1 is 1.23 bits per heavy atom. The van der Waals surface area contributed by atoms with Crippen molar-refractivity contribution in [1.29, 1.82) is 0 Å². The molecule has 2 unspecified atom stereocenters. The summed E-state index contributed by atoms with van der Waals surface area (Å²) in [5, 5.41) is 9.48. The molecule has 6 nitrogen and oxygen atoms in total. The minimum absolute atomic E-state index is 0.106. The van der Waals surface area contributed by atoms with Gasteiger partial charge in [0, 0.05) is 18.1 Å². The van der Waals surface area contributed by atoms with Crippen LogP contribution < -0.4 is 5.73 Å². The third-order valence-corrected chi connectivity index (χ3v) is 3.41. The Balaban J connectivity index is 2.73. The number of carboxylic acids is 1. The molecule has 3 N–H and O–H groups in total. The van der Waals surface area contributed by atoms with Crippen molar-refractivity contribution in [2.75, 3.05) is 0 Å². The summed E-state index contributed by atoms with van der Waals surface area (Å²) >= 11 is 0. The maximum atomic E-state index is 11.7. The Hall–Kier alpha value is -2.89. The summed E-state index contributed by atoms with van der Waals surface area (Å²) in [7, 11) is 0. The molecule has 0 saturated heterocycles. The number of amides is 1. The molecule has 0 heterocycles. The molecule has 0 radical (unpaired) electrons. The van der Waals surface area contributed by atoms with Crippen molar-refractivity contribution in [3.05, 3.63) is 59.7 Å². The number of primary amides is 1. The molecule has 2 atom stereocenters. The highest BCUT2D eigenvalue weighted by molar-refractivity contribution is 5.95. The van der Waals surface area contributed by atoms with Crippen LogP contribution in [0.4, 0.5) is 0 Å². The van der Waals surface area contributed by atoms with Gasteiger partial charge in [0.2, 0.25) is 5.91 Å². The third kappa shape index (κ3) is 2.63. The molecule has 6 heteroatoms. The Morgan fingerprint density at radius 2 is 1.91 bits per heavy atom. The van der Waals surface area contributed by atoms with Gasteiger partial charge in [0.05, 0.1) is 0 Å². The van der Waals surface area contributed by atoms with Gasteiger partial charge in [-0.3, -0.25) is 14.4 Å². The molecule has 114 valence electrons. The molecule has 1 aromatic rings. The highest BCUT2D eigenvalue weighted by Gasteiger charge is 2.47. The number of carboxylic acid groups (broad SMARTS) is 1. The second-order valence-electron chi connectivity index (χ2n) is 4.86. The van der Waals surface area contributed by atoms with Gasteiger partial charge in [0.25, 0.3) is 0 Å². The van der Waals surface area contributed by atoms with E-state index in [1.165, 1.54) is 31.2 Å². The summed E-state index contributed by atoms with van der Waals surface area (Å²) in [5.74, 6) is -3.73. The van der Waals surface area contributed by atoms with Crippen molar-refractivity contribution in [2.24, 2.45) is 11.7 Å². The average Bonchev–Trinajstić information content (AvgIpc) is 2.46. The van der Waals surface area contributed by atoms with Crippen LogP contribution in [0.15, 0.2) is 48.6 Å². The average molecular weight is 301 g/mol. The largest absolute Gasteiger partial charge is 0.481 e. The number of esters is 1. The van der Waals surface area contributed by atoms with E-state index in [1.54, 1.807) is 24.3 Å². The summed E-state index contributed by atoms with van der Waals surface area (Å²) in [6, 6.07) is 6.22. The first-order valence-corrected chi connectivity index (χ1v) is 6.56. The predicted molar refractivity (Wildman–Crippen MR) is 77.8 cm³/mol. The lowest BCUT2D eigenvalue weighted by atomic mass is 9.76. The van der Waals surface area contributed by atoms with Gasteiger partial charge in [0.1, 0.15) is 5.92 Å². The summed E-state index contributed by atoms with van der Waals surface area (Å²) in [6.45, 7) is 1.18. The number of ether oxygens (including phenoxy) is 1. The fourth-order valence-electron chi connectivity index (χ4n) is 2.57. The number of carbonyl (C=O) groups excluding carboxylic acids is 2. The van der Waals surface area contributed by atoms with Crippen molar-refractivity contribution >= 4 is 17.8 Å². The number of aliphatic carboxylic acids is 1. The number of hydrogen-bond donors (Lipinski definition) is 2. The molecule has 0 bridgehead atoms. The number of nitrogens with two attached hydrogens (primary N) is 1. The lowest BCUT2D eigenvalue weighted by Crippen LogP contribution is -2.43. The fourth-order valence-corrected chi connectivity index (χ4v) is 2.57. The highest BCUT2D eigenvalue weighted by Crippen LogP contribution is 2.40. The van der Waals surface area contributed by atoms with Crippen LogP contribution in [0.1, 0.15) is 22.8 Å². The van der Waals surface area contributed by atoms with Gasteiger partial charge in [0.15, 0.2) is 5.60 Å². The zero-order valence-corrected chi connectivity index (χ0v) is 11.9. The topological polar surface area (TPSA) is 107 Å². The van der Waals surface area contributed by atoms with E-state index in [-0.39, 0.29) is 11.1 Å². The van der Waals surface area contributed by atoms with E-state index in [2.05, 4.69) is 0 Å². The maximum Gasteiger partial charge on any atom is 0.315 e. The number of benzene rings is 1. The van der Waals surface area contributed by atoms with Crippen molar-refractivity contribution < 1.29 is 24.2 Å². The molecule has 0 spiro atoms. The summed E-state index contributed by atoms with van der Waals surface area (Å²) in [6.07, 6.45) is 5.98. The smallest absolute Gasteiger partial charge is 0.315 e. The molecule has 0 fully saturated rings. The first kappa shape index (κ1) is 15.5. The van der Waals surface area contributed by atoms with Crippen LogP contribution in [0.2, 0.25) is 0 Å². The third-order valence-electron chi connectivity index (χ3n) is 3.41. The quantitative estimate of drug-likeness (QED) is 0.817. The first-order chi connectivity index (χ1) is 10.4. The molecule has 22 heavy (non-hydrogen) atoms. The molecule has 2 rings (SSSR count). The van der Waals surface area contributed by atoms with Crippen LogP contribution >= 0.6 is 0 Å². The van der Waals surface area contributed by atoms with Gasteiger partial charge in [-0.2, -0.15) is 0 Å². The Kier molecular flexibility index (Phi) is 4.12. The van der Waals surface area contributed by atoms with Crippen LogP contribution in [-0.4, -0.2) is 23.0 Å². The van der Waals surface area contributed by atoms with Gasteiger partial charge in [-0.05, 0) is 12.1 Å². The lowest BCUT2D eigenvalue weighted by Gasteiger charge is -2.36. The Morgan fingerprint density at radius 3 is 2.50 bits per heavy atom. The van der Waals surface area contributed by atoms with Gasteiger partial charge in [-0.1, -0.05) is 36.4 Å². The minimum Gasteiger partial charge on any atom is -0.481 e. The zero-order valence-electron chi connectivity index (χ0n) is 11.9. The van der Waals surface area contributed by atoms with E-state index in [0.717, 1.165) is 0 Å². The molecule has 0 aromatic heterocycles. The summed E-state index contributed by atoms with van der Waals surface area (Å²) in [4.78, 5) is 34.8. The summed E-state index contributed by atoms with van der Waals surface area (Å²) < 4.78 is 5.36. The standard InChI is InChI=1S/C16H15NO5/c1-10(18)22-16(9-5-4-8-13(16)15(20)21)12-7-3-2-6-11(12)14(17)19/h2-9,13H,1H3,(H2,17,19)(H,20,21). The maximum absolute atomic E-state index is 11.7. The predicted octanol–water partition coefficient (Wildman–Crippen LogP) is 1.37. The monoisotopic (exact) mass is 301 g/mol. The van der Waals surface area contributed by atoms with E-state index in [0.29, 0.717) is 0 Å². The van der Waals surface area contributed by atoms with Crippen LogP contribution in [0, 0.1) is 5.92 Å². The minimum atomic E-state index is -1.61.